The molecule has 1 aromatic heterocycles. The molecule has 20 heavy (non-hydrogen) atoms. The zero-order valence-corrected chi connectivity index (χ0v) is 11.8. The van der Waals surface area contributed by atoms with Crippen LogP contribution in [0.25, 0.3) is 0 Å². The predicted molar refractivity (Wildman–Crippen MR) is 69.1 cm³/mol. The smallest absolute Gasteiger partial charge is 0.316 e. The maximum atomic E-state index is 12.5. The Morgan fingerprint density at radius 1 is 1.30 bits per heavy atom. The van der Waals surface area contributed by atoms with Crippen LogP contribution in [-0.2, 0) is 6.18 Å². The summed E-state index contributed by atoms with van der Waals surface area (Å²) in [6.07, 6.45) is -3.20. The van der Waals surface area contributed by atoms with Gasteiger partial charge in [0, 0.05) is 19.3 Å². The van der Waals surface area contributed by atoms with E-state index in [0.717, 1.165) is 26.2 Å². The zero-order valence-electron chi connectivity index (χ0n) is 10.9. The third-order valence-corrected chi connectivity index (χ3v) is 4.93. The number of rotatable bonds is 2. The third kappa shape index (κ3) is 2.77. The van der Waals surface area contributed by atoms with E-state index in [1.54, 1.807) is 6.92 Å². The second kappa shape index (κ2) is 5.16. The summed E-state index contributed by atoms with van der Waals surface area (Å²) in [5.41, 5.74) is 0.382. The van der Waals surface area contributed by atoms with Gasteiger partial charge >= 0.3 is 6.18 Å². The summed E-state index contributed by atoms with van der Waals surface area (Å²) in [6, 6.07) is 0. The largest absolute Gasteiger partial charge is 0.451 e. The Balaban J connectivity index is 1.69. The molecular weight excluding hydrogens is 289 g/mol. The molecule has 2 aliphatic rings. The van der Waals surface area contributed by atoms with Crippen molar-refractivity contribution in [2.24, 2.45) is 11.8 Å². The molecule has 3 rings (SSSR count). The van der Waals surface area contributed by atoms with Crippen LogP contribution in [0.4, 0.5) is 13.2 Å². The van der Waals surface area contributed by atoms with Gasteiger partial charge in [0.2, 0.25) is 5.82 Å². The molecule has 3 heterocycles. The first-order chi connectivity index (χ1) is 9.43. The fourth-order valence-electron chi connectivity index (χ4n) is 2.71. The number of aromatic nitrogens is 2. The number of alkyl halides is 3. The molecule has 0 spiro atoms. The lowest BCUT2D eigenvalue weighted by molar-refractivity contribution is -0.145. The van der Waals surface area contributed by atoms with E-state index in [1.165, 1.54) is 18.1 Å². The van der Waals surface area contributed by atoms with Crippen LogP contribution in [0.3, 0.4) is 0 Å². The molecule has 2 fully saturated rings. The lowest BCUT2D eigenvalue weighted by Gasteiger charge is -2.16. The molecule has 0 bridgehead atoms. The summed E-state index contributed by atoms with van der Waals surface area (Å²) in [5.74, 6) is 0.234. The fraction of sp³-hybridized carbons (Fsp3) is 0.667. The molecule has 110 valence electrons. The molecule has 8 heteroatoms. The average Bonchev–Trinajstić information content (AvgIpc) is 2.90. The van der Waals surface area contributed by atoms with Crippen LogP contribution >= 0.6 is 11.9 Å². The molecule has 0 aromatic carbocycles. The van der Waals surface area contributed by atoms with E-state index < -0.39 is 12.0 Å². The average molecular weight is 304 g/mol. The minimum Gasteiger partial charge on any atom is -0.316 e. The maximum Gasteiger partial charge on any atom is 0.451 e. The van der Waals surface area contributed by atoms with Crippen molar-refractivity contribution in [3.05, 3.63) is 17.7 Å². The minimum absolute atomic E-state index is 0.382. The van der Waals surface area contributed by atoms with E-state index in [1.807, 2.05) is 0 Å². The number of hydrogen-bond acceptors (Lipinski definition) is 5. The van der Waals surface area contributed by atoms with E-state index in [-0.39, 0.29) is 0 Å². The van der Waals surface area contributed by atoms with Gasteiger partial charge in [0.15, 0.2) is 0 Å². The van der Waals surface area contributed by atoms with E-state index >= 15 is 0 Å². The molecule has 1 N–H and O–H groups in total. The first-order valence-electron chi connectivity index (χ1n) is 6.48. The monoisotopic (exact) mass is 304 g/mol. The van der Waals surface area contributed by atoms with Gasteiger partial charge in [-0.3, -0.25) is 0 Å². The van der Waals surface area contributed by atoms with Crippen LogP contribution < -0.4 is 5.32 Å². The van der Waals surface area contributed by atoms with Gasteiger partial charge < -0.3 is 5.32 Å². The summed E-state index contributed by atoms with van der Waals surface area (Å²) in [5, 5.41) is 3.36. The molecule has 2 aliphatic heterocycles. The van der Waals surface area contributed by atoms with Gasteiger partial charge in [0.1, 0.15) is 0 Å². The number of nitrogens with one attached hydrogen (secondary N) is 1. The van der Waals surface area contributed by atoms with Crippen LogP contribution in [0, 0.1) is 18.8 Å². The van der Waals surface area contributed by atoms with Gasteiger partial charge in [-0.05, 0) is 43.8 Å². The minimum atomic E-state index is -4.48. The number of nitrogens with zero attached hydrogens (tertiary/aromatic N) is 3. The van der Waals surface area contributed by atoms with Gasteiger partial charge in [-0.2, -0.15) is 13.2 Å². The highest BCUT2D eigenvalue weighted by Gasteiger charge is 2.37. The van der Waals surface area contributed by atoms with Crippen molar-refractivity contribution < 1.29 is 13.2 Å². The van der Waals surface area contributed by atoms with Crippen molar-refractivity contribution in [1.82, 2.24) is 19.6 Å². The number of hydrogen-bond donors (Lipinski definition) is 1. The van der Waals surface area contributed by atoms with Crippen molar-refractivity contribution >= 4 is 11.9 Å². The van der Waals surface area contributed by atoms with Crippen LogP contribution in [0.1, 0.15) is 11.5 Å². The lowest BCUT2D eigenvalue weighted by Crippen LogP contribution is -2.20. The van der Waals surface area contributed by atoms with Crippen molar-refractivity contribution in [3.8, 4) is 0 Å². The lowest BCUT2D eigenvalue weighted by atomic mass is 10.0. The molecule has 0 saturated carbocycles. The fourth-order valence-corrected chi connectivity index (χ4v) is 3.80. The molecule has 2 atom stereocenters. The van der Waals surface area contributed by atoms with E-state index in [0.29, 0.717) is 22.4 Å². The quantitative estimate of drug-likeness (QED) is 0.846. The molecule has 2 unspecified atom stereocenters. The van der Waals surface area contributed by atoms with E-state index in [4.69, 9.17) is 0 Å². The Kier molecular flexibility index (Phi) is 3.64. The Hall–Kier alpha value is -0.860. The maximum absolute atomic E-state index is 12.5. The number of halogens is 3. The van der Waals surface area contributed by atoms with Gasteiger partial charge in [0.05, 0.1) is 10.6 Å². The van der Waals surface area contributed by atoms with Crippen molar-refractivity contribution in [3.63, 3.8) is 0 Å². The molecule has 2 saturated heterocycles. The Morgan fingerprint density at radius 2 is 1.95 bits per heavy atom. The standard InChI is InChI=1S/C12H15F3N4S/c1-7-10(4-17-11(18-7)12(13,14)15)20-19-5-8-2-16-3-9(8)6-19/h4,8-9,16H,2-3,5-6H2,1H3. The Bertz CT molecular complexity index is 496. The topological polar surface area (TPSA) is 41.1 Å². The van der Waals surface area contributed by atoms with Crippen molar-refractivity contribution in [2.75, 3.05) is 26.2 Å². The van der Waals surface area contributed by atoms with Gasteiger partial charge in [0.25, 0.3) is 0 Å². The van der Waals surface area contributed by atoms with Gasteiger partial charge in [-0.15, -0.1) is 0 Å². The zero-order chi connectivity index (χ0) is 14.3. The summed E-state index contributed by atoms with van der Waals surface area (Å²) in [6.45, 7) is 5.58. The number of aryl methyl sites for hydroxylation is 1. The predicted octanol–water partition coefficient (Wildman–Crippen LogP) is 1.96. The summed E-state index contributed by atoms with van der Waals surface area (Å²) in [4.78, 5) is 7.69. The Labute approximate surface area is 119 Å². The molecule has 1 aromatic rings. The van der Waals surface area contributed by atoms with Crippen LogP contribution in [0.2, 0.25) is 0 Å². The second-order valence-electron chi connectivity index (χ2n) is 5.26. The first-order valence-corrected chi connectivity index (χ1v) is 7.25. The van der Waals surface area contributed by atoms with Crippen molar-refractivity contribution in [2.45, 2.75) is 18.0 Å². The summed E-state index contributed by atoms with van der Waals surface area (Å²) >= 11 is 1.47. The second-order valence-corrected chi connectivity index (χ2v) is 6.40. The normalized spacial score (nSPS) is 27.0. The molecule has 0 radical (unpaired) electrons. The first kappa shape index (κ1) is 14.1. The molecule has 0 aliphatic carbocycles. The molecular formula is C12H15F3N4S. The van der Waals surface area contributed by atoms with Crippen LogP contribution in [-0.4, -0.2) is 40.5 Å². The molecule has 4 nitrogen and oxygen atoms in total. The van der Waals surface area contributed by atoms with Crippen molar-refractivity contribution in [1.29, 1.82) is 0 Å². The van der Waals surface area contributed by atoms with Crippen LogP contribution in [0.15, 0.2) is 11.1 Å². The van der Waals surface area contributed by atoms with Gasteiger partial charge in [-0.1, -0.05) is 0 Å². The number of fused-ring (bicyclic) bond motifs is 1. The molecule has 0 amide bonds. The summed E-state index contributed by atoms with van der Waals surface area (Å²) in [7, 11) is 0. The summed E-state index contributed by atoms with van der Waals surface area (Å²) < 4.78 is 39.7. The third-order valence-electron chi connectivity index (χ3n) is 3.77. The van der Waals surface area contributed by atoms with Crippen LogP contribution in [0.5, 0.6) is 0 Å². The SMILES string of the molecule is Cc1nc(C(F)(F)F)ncc1SN1CC2CNCC2C1. The highest BCUT2D eigenvalue weighted by molar-refractivity contribution is 7.97. The highest BCUT2D eigenvalue weighted by Crippen LogP contribution is 2.35. The van der Waals surface area contributed by atoms with Gasteiger partial charge in [-0.25, -0.2) is 14.3 Å². The van der Waals surface area contributed by atoms with E-state index in [2.05, 4.69) is 19.6 Å². The highest BCUT2D eigenvalue weighted by atomic mass is 32.2. The Morgan fingerprint density at radius 3 is 2.50 bits per heavy atom. The van der Waals surface area contributed by atoms with E-state index in [9.17, 15) is 13.2 Å².